The zero-order valence-corrected chi connectivity index (χ0v) is 19.9. The first kappa shape index (κ1) is 26.1. The maximum Gasteiger partial charge on any atom is 0.417 e. The lowest BCUT2D eigenvalue weighted by Crippen LogP contribution is -2.44. The van der Waals surface area contributed by atoms with Crippen LogP contribution in [0.4, 0.5) is 13.2 Å². The monoisotopic (exact) mass is 498 g/mol. The number of likely N-dealkylation sites (N-methyl/N-ethyl adjacent to an activating group) is 1. The lowest BCUT2D eigenvalue weighted by atomic mass is 10.1. The van der Waals surface area contributed by atoms with Gasteiger partial charge >= 0.3 is 6.18 Å². The van der Waals surface area contributed by atoms with Gasteiger partial charge in [0.15, 0.2) is 0 Å². The molecule has 2 aromatic carbocycles. The van der Waals surface area contributed by atoms with E-state index in [1.807, 2.05) is 29.0 Å². The molecule has 3 rings (SSSR count). The zero-order valence-electron chi connectivity index (χ0n) is 19.1. The highest BCUT2D eigenvalue weighted by Crippen LogP contribution is 2.33. The van der Waals surface area contributed by atoms with Gasteiger partial charge in [-0.05, 0) is 37.2 Å². The molecule has 34 heavy (non-hydrogen) atoms. The van der Waals surface area contributed by atoms with E-state index in [0.29, 0.717) is 6.07 Å². The van der Waals surface area contributed by atoms with E-state index in [9.17, 15) is 26.4 Å². The normalized spacial score (nSPS) is 16.9. The number of carbonyl (C=O) groups excluding carboxylic acids is 1. The number of rotatable bonds is 8. The van der Waals surface area contributed by atoms with Crippen molar-refractivity contribution in [3.63, 3.8) is 0 Å². The Balaban J connectivity index is 1.58. The molecule has 0 radical (unpaired) electrons. The second-order valence-electron chi connectivity index (χ2n) is 8.45. The van der Waals surface area contributed by atoms with Crippen molar-refractivity contribution >= 4 is 15.9 Å². The van der Waals surface area contributed by atoms with Crippen LogP contribution >= 0.6 is 0 Å². The Morgan fingerprint density at radius 1 is 1.03 bits per heavy atom. The summed E-state index contributed by atoms with van der Waals surface area (Å²) in [7, 11) is -2.47. The average Bonchev–Trinajstić information content (AvgIpc) is 2.78. The van der Waals surface area contributed by atoms with Crippen molar-refractivity contribution in [2.75, 3.05) is 33.2 Å². The van der Waals surface area contributed by atoms with Crippen LogP contribution in [0.5, 0.6) is 0 Å². The number of hydrogen-bond acceptors (Lipinski definition) is 5. The fourth-order valence-electron chi connectivity index (χ4n) is 3.73. The Bertz CT molecular complexity index is 1100. The number of piperazine rings is 1. The van der Waals surface area contributed by atoms with E-state index < -0.39 is 38.6 Å². The minimum Gasteiger partial charge on any atom is -0.351 e. The van der Waals surface area contributed by atoms with Crippen LogP contribution in [0, 0.1) is 0 Å². The molecule has 0 saturated carbocycles. The molecule has 0 bridgehead atoms. The van der Waals surface area contributed by atoms with Gasteiger partial charge in [0.1, 0.15) is 0 Å². The van der Waals surface area contributed by atoms with Gasteiger partial charge in [-0.2, -0.15) is 17.9 Å². The Labute approximate surface area is 198 Å². The van der Waals surface area contributed by atoms with E-state index in [1.54, 1.807) is 0 Å². The molecule has 1 saturated heterocycles. The van der Waals surface area contributed by atoms with Crippen LogP contribution in [0.15, 0.2) is 53.4 Å². The van der Waals surface area contributed by atoms with Crippen molar-refractivity contribution in [2.24, 2.45) is 0 Å². The van der Waals surface area contributed by atoms with Crippen LogP contribution in [0.3, 0.4) is 0 Å². The van der Waals surface area contributed by atoms with E-state index in [2.05, 4.69) is 22.2 Å². The van der Waals surface area contributed by atoms with Gasteiger partial charge in [-0.3, -0.25) is 9.69 Å². The molecule has 0 spiro atoms. The summed E-state index contributed by atoms with van der Waals surface area (Å²) >= 11 is 0. The van der Waals surface area contributed by atoms with E-state index in [4.69, 9.17) is 0 Å². The molecule has 1 atom stereocenters. The molecule has 1 aliphatic heterocycles. The zero-order chi connectivity index (χ0) is 24.9. The van der Waals surface area contributed by atoms with Crippen molar-refractivity contribution in [2.45, 2.75) is 37.1 Å². The van der Waals surface area contributed by atoms with Crippen LogP contribution in [0.2, 0.25) is 0 Å². The molecule has 186 valence electrons. The lowest BCUT2D eigenvalue weighted by molar-refractivity contribution is -0.139. The van der Waals surface area contributed by atoms with Crippen molar-refractivity contribution in [3.05, 3.63) is 65.2 Å². The predicted molar refractivity (Wildman–Crippen MR) is 122 cm³/mol. The Hall–Kier alpha value is -2.47. The number of alkyl halides is 3. The maximum atomic E-state index is 13.2. The molecule has 0 aromatic heterocycles. The van der Waals surface area contributed by atoms with Gasteiger partial charge in [-0.1, -0.05) is 36.4 Å². The van der Waals surface area contributed by atoms with Crippen LogP contribution in [0.1, 0.15) is 23.6 Å². The molecule has 11 heteroatoms. The molecule has 0 aliphatic carbocycles. The van der Waals surface area contributed by atoms with Gasteiger partial charge in [0.05, 0.1) is 16.5 Å². The molecular formula is C23H29F3N4O3S. The number of amides is 1. The SMILES string of the molecule is C[C@H](NS(=O)(=O)c1ccccc1C(F)(F)F)C(=O)NCc1cccc(CN2CCN(C)CC2)c1. The first-order valence-electron chi connectivity index (χ1n) is 10.9. The highest BCUT2D eigenvalue weighted by Gasteiger charge is 2.37. The van der Waals surface area contributed by atoms with Crippen molar-refractivity contribution < 1.29 is 26.4 Å². The summed E-state index contributed by atoms with van der Waals surface area (Å²) in [6, 6.07) is 10.3. The number of hydrogen-bond donors (Lipinski definition) is 2. The minimum absolute atomic E-state index is 0.167. The molecule has 1 amide bonds. The fraction of sp³-hybridized carbons (Fsp3) is 0.435. The van der Waals surface area contributed by atoms with E-state index in [1.165, 1.54) is 13.0 Å². The van der Waals surface area contributed by atoms with E-state index in [0.717, 1.165) is 56.0 Å². The number of nitrogens with one attached hydrogen (secondary N) is 2. The highest BCUT2D eigenvalue weighted by atomic mass is 32.2. The quantitative estimate of drug-likeness (QED) is 0.585. The van der Waals surface area contributed by atoms with Crippen molar-refractivity contribution in [1.82, 2.24) is 19.8 Å². The fourth-order valence-corrected chi connectivity index (χ4v) is 5.16. The number of carbonyl (C=O) groups is 1. The smallest absolute Gasteiger partial charge is 0.351 e. The minimum atomic E-state index is -4.84. The second kappa shape index (κ2) is 10.9. The third-order valence-electron chi connectivity index (χ3n) is 5.67. The summed E-state index contributed by atoms with van der Waals surface area (Å²) in [5, 5.41) is 2.65. The highest BCUT2D eigenvalue weighted by molar-refractivity contribution is 7.89. The largest absolute Gasteiger partial charge is 0.417 e. The molecular weight excluding hydrogens is 469 g/mol. The third-order valence-corrected chi connectivity index (χ3v) is 7.27. The first-order valence-corrected chi connectivity index (χ1v) is 12.4. The van der Waals surface area contributed by atoms with Crippen LogP contribution in [-0.2, 0) is 34.1 Å². The molecule has 7 nitrogen and oxygen atoms in total. The Kier molecular flexibility index (Phi) is 8.34. The number of benzene rings is 2. The topological polar surface area (TPSA) is 81.7 Å². The summed E-state index contributed by atoms with van der Waals surface area (Å²) in [5.74, 6) is -0.641. The molecule has 2 aromatic rings. The van der Waals surface area contributed by atoms with Gasteiger partial charge in [0.25, 0.3) is 0 Å². The van der Waals surface area contributed by atoms with Crippen LogP contribution in [0.25, 0.3) is 0 Å². The molecule has 1 heterocycles. The number of sulfonamides is 1. The maximum absolute atomic E-state index is 13.2. The van der Waals surface area contributed by atoms with Crippen LogP contribution < -0.4 is 10.0 Å². The molecule has 2 N–H and O–H groups in total. The standard InChI is InChI=1S/C23H29F3N4O3S/c1-17(28-34(32,33)21-9-4-3-8-20(21)23(24,25)26)22(31)27-15-18-6-5-7-19(14-18)16-30-12-10-29(2)11-13-30/h3-9,14,17,28H,10-13,15-16H2,1-2H3,(H,27,31)/t17-/m0/s1. The van der Waals surface area contributed by atoms with Crippen molar-refractivity contribution in [3.8, 4) is 0 Å². The van der Waals surface area contributed by atoms with E-state index in [-0.39, 0.29) is 6.54 Å². The van der Waals surface area contributed by atoms with Gasteiger partial charge < -0.3 is 10.2 Å². The Morgan fingerprint density at radius 3 is 2.35 bits per heavy atom. The summed E-state index contributed by atoms with van der Waals surface area (Å²) < 4.78 is 66.7. The summed E-state index contributed by atoms with van der Waals surface area (Å²) in [5.41, 5.74) is 0.665. The third kappa shape index (κ3) is 7.02. The predicted octanol–water partition coefficient (Wildman–Crippen LogP) is 2.44. The van der Waals surface area contributed by atoms with Gasteiger partial charge in [0, 0.05) is 39.3 Å². The Morgan fingerprint density at radius 2 is 1.68 bits per heavy atom. The molecule has 1 fully saturated rings. The summed E-state index contributed by atoms with van der Waals surface area (Å²) in [6.45, 7) is 6.23. The summed E-state index contributed by atoms with van der Waals surface area (Å²) in [4.78, 5) is 16.2. The molecule has 1 aliphatic rings. The molecule has 0 unspecified atom stereocenters. The van der Waals surface area contributed by atoms with Crippen molar-refractivity contribution in [1.29, 1.82) is 0 Å². The van der Waals surface area contributed by atoms with Crippen LogP contribution in [-0.4, -0.2) is 63.4 Å². The van der Waals surface area contributed by atoms with Gasteiger partial charge in [0.2, 0.25) is 15.9 Å². The number of halogens is 3. The van der Waals surface area contributed by atoms with Gasteiger partial charge in [-0.25, -0.2) is 8.42 Å². The number of nitrogens with zero attached hydrogens (tertiary/aromatic N) is 2. The second-order valence-corrected chi connectivity index (χ2v) is 10.1. The summed E-state index contributed by atoms with van der Waals surface area (Å²) in [6.07, 6.45) is -4.84. The first-order chi connectivity index (χ1) is 16.0. The lowest BCUT2D eigenvalue weighted by Gasteiger charge is -2.32. The van der Waals surface area contributed by atoms with Gasteiger partial charge in [-0.15, -0.1) is 0 Å². The average molecular weight is 499 g/mol. The van der Waals surface area contributed by atoms with E-state index >= 15 is 0 Å².